The molecule has 0 spiro atoms. The smallest absolute Gasteiger partial charge is 0.412 e. The Morgan fingerprint density at radius 1 is 1.32 bits per heavy atom. The zero-order valence-corrected chi connectivity index (χ0v) is 14.2. The predicted octanol–water partition coefficient (Wildman–Crippen LogP) is 3.34. The number of thiophene rings is 1. The third-order valence-electron chi connectivity index (χ3n) is 3.81. The zero-order valence-electron chi connectivity index (χ0n) is 13.4. The summed E-state index contributed by atoms with van der Waals surface area (Å²) in [6.45, 7) is 1.95. The van der Waals surface area contributed by atoms with Crippen LogP contribution in [0.25, 0.3) is 11.1 Å². The number of para-hydroxylation sites is 2. The molecule has 3 heterocycles. The Balaban J connectivity index is 1.44. The minimum Gasteiger partial charge on any atom is -0.442 e. The van der Waals surface area contributed by atoms with E-state index in [4.69, 9.17) is 13.9 Å². The maximum atomic E-state index is 12.0. The van der Waals surface area contributed by atoms with Crippen LogP contribution in [0.2, 0.25) is 0 Å². The van der Waals surface area contributed by atoms with E-state index in [2.05, 4.69) is 10.3 Å². The lowest BCUT2D eigenvalue weighted by Crippen LogP contribution is -2.36. The number of rotatable bonds is 3. The molecule has 3 aromatic rings. The molecule has 7 nitrogen and oxygen atoms in total. The van der Waals surface area contributed by atoms with Crippen LogP contribution < -0.4 is 10.2 Å². The Bertz CT molecular complexity index is 816. The van der Waals surface area contributed by atoms with Gasteiger partial charge in [0.05, 0.1) is 24.8 Å². The van der Waals surface area contributed by atoms with Gasteiger partial charge in [0.2, 0.25) is 0 Å². The average Bonchev–Trinajstić information content (AvgIpc) is 3.21. The molecule has 1 atom stereocenters. The normalized spacial score (nSPS) is 18.1. The van der Waals surface area contributed by atoms with Gasteiger partial charge in [0, 0.05) is 6.54 Å². The number of anilines is 2. The Hall–Kier alpha value is -2.58. The molecule has 2 aromatic heterocycles. The van der Waals surface area contributed by atoms with Crippen LogP contribution in [0.3, 0.4) is 0 Å². The highest BCUT2D eigenvalue weighted by Crippen LogP contribution is 2.23. The van der Waals surface area contributed by atoms with Gasteiger partial charge in [0.1, 0.15) is 11.6 Å². The van der Waals surface area contributed by atoms with Gasteiger partial charge in [-0.05, 0) is 29.6 Å². The third-order valence-corrected chi connectivity index (χ3v) is 4.59. The Morgan fingerprint density at radius 2 is 2.24 bits per heavy atom. The molecule has 0 aliphatic carbocycles. The van der Waals surface area contributed by atoms with Gasteiger partial charge in [0.25, 0.3) is 6.01 Å². The first-order valence-corrected chi connectivity index (χ1v) is 8.85. The Labute approximate surface area is 148 Å². The minimum atomic E-state index is -0.490. The van der Waals surface area contributed by atoms with Crippen LogP contribution in [0.5, 0.6) is 0 Å². The summed E-state index contributed by atoms with van der Waals surface area (Å²) in [7, 11) is 0. The second-order valence-electron chi connectivity index (χ2n) is 5.61. The zero-order chi connectivity index (χ0) is 17.1. The van der Waals surface area contributed by atoms with Crippen molar-refractivity contribution in [3.05, 3.63) is 41.8 Å². The van der Waals surface area contributed by atoms with Gasteiger partial charge < -0.3 is 18.8 Å². The monoisotopic (exact) mass is 359 g/mol. The molecule has 1 aliphatic rings. The maximum Gasteiger partial charge on any atom is 0.412 e. The lowest BCUT2D eigenvalue weighted by atomic mass is 10.3. The van der Waals surface area contributed by atoms with Gasteiger partial charge in [-0.2, -0.15) is 4.98 Å². The van der Waals surface area contributed by atoms with Crippen molar-refractivity contribution in [2.75, 3.05) is 36.5 Å². The fourth-order valence-electron chi connectivity index (χ4n) is 2.65. The number of ether oxygens (including phenoxy) is 2. The largest absolute Gasteiger partial charge is 0.442 e. The summed E-state index contributed by atoms with van der Waals surface area (Å²) in [6.07, 6.45) is -0.895. The highest BCUT2D eigenvalue weighted by molar-refractivity contribution is 7.14. The summed E-state index contributed by atoms with van der Waals surface area (Å²) in [5.74, 6) is 0. The van der Waals surface area contributed by atoms with Crippen molar-refractivity contribution in [2.24, 2.45) is 0 Å². The van der Waals surface area contributed by atoms with Crippen molar-refractivity contribution < 1.29 is 18.7 Å². The summed E-state index contributed by atoms with van der Waals surface area (Å²) >= 11 is 1.44. The minimum absolute atomic E-state index is 0.342. The van der Waals surface area contributed by atoms with Gasteiger partial charge in [-0.15, -0.1) is 11.3 Å². The van der Waals surface area contributed by atoms with Crippen LogP contribution in [-0.2, 0) is 9.47 Å². The summed E-state index contributed by atoms with van der Waals surface area (Å²) < 4.78 is 16.9. The van der Waals surface area contributed by atoms with E-state index in [0.717, 1.165) is 16.1 Å². The Morgan fingerprint density at radius 3 is 3.08 bits per heavy atom. The van der Waals surface area contributed by atoms with Crippen molar-refractivity contribution in [1.29, 1.82) is 0 Å². The summed E-state index contributed by atoms with van der Waals surface area (Å²) in [4.78, 5) is 18.5. The van der Waals surface area contributed by atoms with E-state index in [1.165, 1.54) is 11.3 Å². The van der Waals surface area contributed by atoms with E-state index < -0.39 is 12.2 Å². The number of amides is 1. The molecule has 1 amide bonds. The molecule has 8 heteroatoms. The van der Waals surface area contributed by atoms with E-state index >= 15 is 0 Å². The van der Waals surface area contributed by atoms with E-state index in [0.29, 0.717) is 32.3 Å². The number of carbonyl (C=O) groups is 1. The van der Waals surface area contributed by atoms with Crippen LogP contribution >= 0.6 is 11.3 Å². The first-order valence-electron chi connectivity index (χ1n) is 7.97. The lowest BCUT2D eigenvalue weighted by molar-refractivity contribution is 0.0443. The third kappa shape index (κ3) is 3.75. The van der Waals surface area contributed by atoms with Gasteiger partial charge in [-0.25, -0.2) is 4.79 Å². The molecule has 0 bridgehead atoms. The molecular weight excluding hydrogens is 342 g/mol. The van der Waals surface area contributed by atoms with E-state index in [9.17, 15) is 4.79 Å². The average molecular weight is 359 g/mol. The number of nitrogens with one attached hydrogen (secondary N) is 1. The van der Waals surface area contributed by atoms with Crippen LogP contribution in [0.15, 0.2) is 46.2 Å². The first-order chi connectivity index (χ1) is 12.3. The number of nitrogens with zero attached hydrogens (tertiary/aromatic N) is 2. The molecule has 0 saturated carbocycles. The van der Waals surface area contributed by atoms with Gasteiger partial charge in [-0.1, -0.05) is 12.1 Å². The molecular formula is C17H17N3O4S. The fraction of sp³-hybridized carbons (Fsp3) is 0.294. The standard InChI is InChI=1S/C17H17N3O4S/c21-17(19-15-6-3-9-25-15)23-12-10-20(7-8-22-11-12)16-18-13-4-1-2-5-14(13)24-16/h1-6,9,12H,7-8,10-11H2,(H,19,21). The molecule has 0 radical (unpaired) electrons. The SMILES string of the molecule is O=C(Nc1cccs1)OC1COCCN(c2nc3ccccc3o2)C1. The van der Waals surface area contributed by atoms with E-state index in [-0.39, 0.29) is 0 Å². The molecule has 4 rings (SSSR count). The van der Waals surface area contributed by atoms with Crippen molar-refractivity contribution in [3.8, 4) is 0 Å². The summed E-state index contributed by atoms with van der Waals surface area (Å²) in [5, 5.41) is 5.34. The number of aromatic nitrogens is 1. The Kier molecular flexibility index (Phi) is 4.53. The van der Waals surface area contributed by atoms with E-state index in [1.54, 1.807) is 0 Å². The van der Waals surface area contributed by atoms with Crippen LogP contribution in [0.4, 0.5) is 15.8 Å². The number of oxazole rings is 1. The molecule has 1 unspecified atom stereocenters. The summed E-state index contributed by atoms with van der Waals surface area (Å²) in [6, 6.07) is 11.8. The number of carbonyl (C=O) groups excluding carboxylic acids is 1. The summed E-state index contributed by atoms with van der Waals surface area (Å²) in [5.41, 5.74) is 1.53. The van der Waals surface area contributed by atoms with Crippen LogP contribution in [0.1, 0.15) is 0 Å². The van der Waals surface area contributed by atoms with Gasteiger partial charge in [0.15, 0.2) is 5.58 Å². The van der Waals surface area contributed by atoms with Gasteiger partial charge in [-0.3, -0.25) is 5.32 Å². The molecule has 1 aromatic carbocycles. The van der Waals surface area contributed by atoms with Crippen molar-refractivity contribution >= 4 is 39.5 Å². The quantitative estimate of drug-likeness (QED) is 0.773. The molecule has 130 valence electrons. The molecule has 1 saturated heterocycles. The molecule has 1 aliphatic heterocycles. The van der Waals surface area contributed by atoms with E-state index in [1.807, 2.05) is 46.7 Å². The highest BCUT2D eigenvalue weighted by atomic mass is 32.1. The first kappa shape index (κ1) is 15.9. The molecule has 1 N–H and O–H groups in total. The maximum absolute atomic E-state index is 12.0. The number of hydrogen-bond donors (Lipinski definition) is 1. The highest BCUT2D eigenvalue weighted by Gasteiger charge is 2.25. The van der Waals surface area contributed by atoms with Crippen molar-refractivity contribution in [1.82, 2.24) is 4.98 Å². The van der Waals surface area contributed by atoms with Crippen molar-refractivity contribution in [3.63, 3.8) is 0 Å². The van der Waals surface area contributed by atoms with Gasteiger partial charge >= 0.3 is 6.09 Å². The predicted molar refractivity (Wildman–Crippen MR) is 95.3 cm³/mol. The topological polar surface area (TPSA) is 76.8 Å². The fourth-order valence-corrected chi connectivity index (χ4v) is 3.25. The molecule has 1 fully saturated rings. The van der Waals surface area contributed by atoms with Crippen LogP contribution in [-0.4, -0.2) is 43.5 Å². The lowest BCUT2D eigenvalue weighted by Gasteiger charge is -2.21. The second kappa shape index (κ2) is 7.12. The molecule has 25 heavy (non-hydrogen) atoms. The number of benzene rings is 1. The van der Waals surface area contributed by atoms with Crippen LogP contribution in [0, 0.1) is 0 Å². The second-order valence-corrected chi connectivity index (χ2v) is 6.56. The number of fused-ring (bicyclic) bond motifs is 1. The van der Waals surface area contributed by atoms with Crippen molar-refractivity contribution in [2.45, 2.75) is 6.10 Å². The number of hydrogen-bond acceptors (Lipinski definition) is 7.